The van der Waals surface area contributed by atoms with E-state index in [0.717, 1.165) is 10.0 Å². The van der Waals surface area contributed by atoms with Crippen molar-refractivity contribution in [3.63, 3.8) is 0 Å². The fourth-order valence-corrected chi connectivity index (χ4v) is 5.80. The molecule has 5 nitrogen and oxygen atoms in total. The van der Waals surface area contributed by atoms with E-state index in [1.54, 1.807) is 17.5 Å². The van der Waals surface area contributed by atoms with Crippen LogP contribution in [0.25, 0.3) is 0 Å². The molecule has 0 atom stereocenters. The van der Waals surface area contributed by atoms with Gasteiger partial charge in [0.1, 0.15) is 4.21 Å². The van der Waals surface area contributed by atoms with E-state index >= 15 is 0 Å². The van der Waals surface area contributed by atoms with Gasteiger partial charge in [-0.25, -0.2) is 13.1 Å². The third-order valence-corrected chi connectivity index (χ3v) is 7.86. The van der Waals surface area contributed by atoms with Gasteiger partial charge in [-0.15, -0.1) is 11.3 Å². The summed E-state index contributed by atoms with van der Waals surface area (Å²) in [5.41, 5.74) is 1.13. The quantitative estimate of drug-likeness (QED) is 0.723. The second-order valence-electron chi connectivity index (χ2n) is 6.34. The Bertz CT molecular complexity index is 845. The molecule has 0 bridgehead atoms. The SMILES string of the molecule is O=C(CCc1cccc(Br)c1)N1CCC(NS(=O)(=O)c2cccs2)CC1. The molecular weight excluding hydrogens is 436 g/mol. The van der Waals surface area contributed by atoms with Crippen LogP contribution < -0.4 is 4.72 Å². The van der Waals surface area contributed by atoms with Gasteiger partial charge >= 0.3 is 0 Å². The Morgan fingerprint density at radius 3 is 2.65 bits per heavy atom. The van der Waals surface area contributed by atoms with Crippen LogP contribution in [-0.4, -0.2) is 38.4 Å². The number of aryl methyl sites for hydroxylation is 1. The average molecular weight is 457 g/mol. The molecule has 0 saturated carbocycles. The first-order valence-corrected chi connectivity index (χ1v) is 11.7. The Morgan fingerprint density at radius 2 is 2.00 bits per heavy atom. The normalized spacial score (nSPS) is 16.0. The Balaban J connectivity index is 1.46. The molecule has 140 valence electrons. The number of sulfonamides is 1. The lowest BCUT2D eigenvalue weighted by Crippen LogP contribution is -2.46. The molecule has 1 fully saturated rings. The minimum absolute atomic E-state index is 0.115. The highest BCUT2D eigenvalue weighted by Gasteiger charge is 2.26. The first-order valence-electron chi connectivity index (χ1n) is 8.52. The largest absolute Gasteiger partial charge is 0.343 e. The van der Waals surface area contributed by atoms with Crippen LogP contribution in [-0.2, 0) is 21.2 Å². The molecule has 26 heavy (non-hydrogen) atoms. The van der Waals surface area contributed by atoms with Crippen molar-refractivity contribution in [2.45, 2.75) is 35.9 Å². The first kappa shape index (κ1) is 19.5. The number of nitrogens with zero attached hydrogens (tertiary/aromatic N) is 1. The molecule has 3 rings (SSSR count). The van der Waals surface area contributed by atoms with Crippen molar-refractivity contribution in [1.29, 1.82) is 0 Å². The highest BCUT2D eigenvalue weighted by Crippen LogP contribution is 2.19. The highest BCUT2D eigenvalue weighted by atomic mass is 79.9. The maximum atomic E-state index is 12.4. The molecule has 1 aliphatic rings. The fraction of sp³-hybridized carbons (Fsp3) is 0.389. The topological polar surface area (TPSA) is 66.5 Å². The van der Waals surface area contributed by atoms with Crippen LogP contribution in [0.4, 0.5) is 0 Å². The number of likely N-dealkylation sites (tertiary alicyclic amines) is 1. The van der Waals surface area contributed by atoms with Crippen molar-refractivity contribution >= 4 is 43.2 Å². The van der Waals surface area contributed by atoms with Crippen LogP contribution in [0.15, 0.2) is 50.5 Å². The summed E-state index contributed by atoms with van der Waals surface area (Å²) in [7, 11) is -3.44. The van der Waals surface area contributed by atoms with Gasteiger partial charge in [-0.3, -0.25) is 4.79 Å². The molecule has 0 spiro atoms. The lowest BCUT2D eigenvalue weighted by atomic mass is 10.0. The Morgan fingerprint density at radius 1 is 1.23 bits per heavy atom. The van der Waals surface area contributed by atoms with E-state index in [1.165, 1.54) is 11.3 Å². The molecule has 1 aliphatic heterocycles. The van der Waals surface area contributed by atoms with Gasteiger partial charge in [0.15, 0.2) is 0 Å². The molecule has 1 aromatic heterocycles. The predicted molar refractivity (Wildman–Crippen MR) is 107 cm³/mol. The standard InChI is InChI=1S/C18H21BrN2O3S2/c19-15-4-1-3-14(13-15)6-7-17(22)21-10-8-16(9-11-21)20-26(23,24)18-5-2-12-25-18/h1-5,12-13,16,20H,6-11H2. The molecule has 2 heterocycles. The number of thiophene rings is 1. The van der Waals surface area contributed by atoms with Gasteiger partial charge in [0.05, 0.1) is 0 Å². The summed E-state index contributed by atoms with van der Waals surface area (Å²) in [5, 5.41) is 1.75. The monoisotopic (exact) mass is 456 g/mol. The van der Waals surface area contributed by atoms with Gasteiger partial charge < -0.3 is 4.90 Å². The molecule has 1 saturated heterocycles. The summed E-state index contributed by atoms with van der Waals surface area (Å²) < 4.78 is 28.7. The maximum absolute atomic E-state index is 12.4. The number of hydrogen-bond acceptors (Lipinski definition) is 4. The summed E-state index contributed by atoms with van der Waals surface area (Å²) in [5.74, 6) is 0.129. The number of nitrogens with one attached hydrogen (secondary N) is 1. The Kier molecular flexibility index (Phi) is 6.50. The summed E-state index contributed by atoms with van der Waals surface area (Å²) >= 11 is 4.65. The number of rotatable bonds is 6. The lowest BCUT2D eigenvalue weighted by Gasteiger charge is -2.32. The zero-order chi connectivity index (χ0) is 18.6. The van der Waals surface area contributed by atoms with Crippen molar-refractivity contribution in [2.75, 3.05) is 13.1 Å². The molecular formula is C18H21BrN2O3S2. The molecule has 1 N–H and O–H groups in total. The van der Waals surface area contributed by atoms with Crippen molar-refractivity contribution in [3.8, 4) is 0 Å². The van der Waals surface area contributed by atoms with Crippen LogP contribution in [0.2, 0.25) is 0 Å². The molecule has 0 aliphatic carbocycles. The summed E-state index contributed by atoms with van der Waals surface area (Å²) in [6, 6.07) is 11.2. The summed E-state index contributed by atoms with van der Waals surface area (Å²) in [4.78, 5) is 14.3. The third-order valence-electron chi connectivity index (χ3n) is 4.45. The van der Waals surface area contributed by atoms with Crippen LogP contribution >= 0.6 is 27.3 Å². The van der Waals surface area contributed by atoms with Crippen LogP contribution in [0, 0.1) is 0 Å². The van der Waals surface area contributed by atoms with Gasteiger partial charge in [0, 0.05) is 30.0 Å². The zero-order valence-electron chi connectivity index (χ0n) is 14.2. The first-order chi connectivity index (χ1) is 12.4. The van der Waals surface area contributed by atoms with Crippen LogP contribution in [0.1, 0.15) is 24.8 Å². The lowest BCUT2D eigenvalue weighted by molar-refractivity contribution is -0.132. The van der Waals surface area contributed by atoms with Gasteiger partial charge in [0.25, 0.3) is 0 Å². The van der Waals surface area contributed by atoms with E-state index in [-0.39, 0.29) is 11.9 Å². The minimum atomic E-state index is -3.44. The number of piperidine rings is 1. The smallest absolute Gasteiger partial charge is 0.250 e. The van der Waals surface area contributed by atoms with Crippen molar-refractivity contribution in [2.24, 2.45) is 0 Å². The van der Waals surface area contributed by atoms with Crippen molar-refractivity contribution in [3.05, 3.63) is 51.8 Å². The number of carbonyl (C=O) groups excluding carboxylic acids is 1. The average Bonchev–Trinajstić information content (AvgIpc) is 3.16. The van der Waals surface area contributed by atoms with E-state index in [2.05, 4.69) is 20.7 Å². The Labute approximate surface area is 166 Å². The van der Waals surface area contributed by atoms with E-state index in [4.69, 9.17) is 0 Å². The van der Waals surface area contributed by atoms with E-state index in [9.17, 15) is 13.2 Å². The second-order valence-corrected chi connectivity index (χ2v) is 10.1. The molecule has 0 radical (unpaired) electrons. The third kappa shape index (κ3) is 5.16. The molecule has 8 heteroatoms. The van der Waals surface area contributed by atoms with Crippen LogP contribution in [0.3, 0.4) is 0 Å². The molecule has 2 aromatic rings. The zero-order valence-corrected chi connectivity index (χ0v) is 17.4. The number of carbonyl (C=O) groups is 1. The number of benzene rings is 1. The van der Waals surface area contributed by atoms with Crippen LogP contribution in [0.5, 0.6) is 0 Å². The predicted octanol–water partition coefficient (Wildman–Crippen LogP) is 3.41. The second kappa shape index (κ2) is 8.65. The van der Waals surface area contributed by atoms with Gasteiger partial charge in [-0.2, -0.15) is 0 Å². The number of halogens is 1. The Hall–Kier alpha value is -1.22. The van der Waals surface area contributed by atoms with Crippen molar-refractivity contribution < 1.29 is 13.2 Å². The van der Waals surface area contributed by atoms with E-state index < -0.39 is 10.0 Å². The van der Waals surface area contributed by atoms with Gasteiger partial charge in [-0.1, -0.05) is 34.1 Å². The molecule has 0 unspecified atom stereocenters. The van der Waals surface area contributed by atoms with E-state index in [1.807, 2.05) is 29.2 Å². The molecule has 1 aromatic carbocycles. The van der Waals surface area contributed by atoms with Crippen molar-refractivity contribution in [1.82, 2.24) is 9.62 Å². The van der Waals surface area contributed by atoms with E-state index in [0.29, 0.717) is 43.0 Å². The summed E-state index contributed by atoms with van der Waals surface area (Å²) in [6.07, 6.45) is 2.48. The number of amides is 1. The number of hydrogen-bond donors (Lipinski definition) is 1. The highest BCUT2D eigenvalue weighted by molar-refractivity contribution is 9.10. The summed E-state index contributed by atoms with van der Waals surface area (Å²) in [6.45, 7) is 1.18. The van der Waals surface area contributed by atoms with Gasteiger partial charge in [0.2, 0.25) is 15.9 Å². The fourth-order valence-electron chi connectivity index (χ4n) is 3.04. The van der Waals surface area contributed by atoms with Gasteiger partial charge in [-0.05, 0) is 48.4 Å². The maximum Gasteiger partial charge on any atom is 0.250 e. The minimum Gasteiger partial charge on any atom is -0.343 e. The molecule has 1 amide bonds.